The Morgan fingerprint density at radius 3 is 2.73 bits per heavy atom. The standard InChI is InChI=1S/C13H18ClN/c1-3-12(10-5-6-10)15-13-7-4-9(2)8-11(13)14/h4,7-8,10,12,15H,3,5-6H2,1-2H3. The average Bonchev–Trinajstić information content (AvgIpc) is 3.00. The van der Waals surface area contributed by atoms with Crippen LogP contribution in [0.5, 0.6) is 0 Å². The molecule has 2 rings (SSSR count). The van der Waals surface area contributed by atoms with Crippen LogP contribution >= 0.6 is 11.6 Å². The summed E-state index contributed by atoms with van der Waals surface area (Å²) in [5, 5.41) is 4.40. The molecule has 82 valence electrons. The Kier molecular flexibility index (Phi) is 3.20. The zero-order valence-corrected chi connectivity index (χ0v) is 10.1. The maximum atomic E-state index is 6.19. The van der Waals surface area contributed by atoms with Gasteiger partial charge >= 0.3 is 0 Å². The van der Waals surface area contributed by atoms with Crippen molar-refractivity contribution < 1.29 is 0 Å². The highest BCUT2D eigenvalue weighted by molar-refractivity contribution is 6.33. The van der Waals surface area contributed by atoms with Gasteiger partial charge in [0.05, 0.1) is 10.7 Å². The van der Waals surface area contributed by atoms with Crippen molar-refractivity contribution in [1.29, 1.82) is 0 Å². The fourth-order valence-corrected chi connectivity index (χ4v) is 2.28. The average molecular weight is 224 g/mol. The summed E-state index contributed by atoms with van der Waals surface area (Å²) in [6.07, 6.45) is 3.92. The molecule has 15 heavy (non-hydrogen) atoms. The van der Waals surface area contributed by atoms with E-state index in [0.29, 0.717) is 6.04 Å². The number of benzene rings is 1. The van der Waals surface area contributed by atoms with Crippen LogP contribution in [0.2, 0.25) is 5.02 Å². The van der Waals surface area contributed by atoms with Crippen molar-refractivity contribution in [2.24, 2.45) is 5.92 Å². The van der Waals surface area contributed by atoms with Crippen molar-refractivity contribution in [2.75, 3.05) is 5.32 Å². The molecular weight excluding hydrogens is 206 g/mol. The van der Waals surface area contributed by atoms with Gasteiger partial charge in [-0.05, 0) is 49.8 Å². The highest BCUT2D eigenvalue weighted by Crippen LogP contribution is 2.36. The highest BCUT2D eigenvalue weighted by atomic mass is 35.5. The largest absolute Gasteiger partial charge is 0.381 e. The molecule has 1 N–H and O–H groups in total. The number of halogens is 1. The first kappa shape index (κ1) is 10.8. The summed E-state index contributed by atoms with van der Waals surface area (Å²) in [4.78, 5) is 0. The molecule has 1 saturated carbocycles. The minimum absolute atomic E-state index is 0.602. The monoisotopic (exact) mass is 223 g/mol. The molecule has 1 aromatic rings. The molecule has 1 aliphatic rings. The van der Waals surface area contributed by atoms with Crippen LogP contribution < -0.4 is 5.32 Å². The van der Waals surface area contributed by atoms with Crippen molar-refractivity contribution in [2.45, 2.75) is 39.2 Å². The van der Waals surface area contributed by atoms with Crippen LogP contribution in [-0.2, 0) is 0 Å². The number of hydrogen-bond donors (Lipinski definition) is 1. The van der Waals surface area contributed by atoms with Gasteiger partial charge in [-0.25, -0.2) is 0 Å². The van der Waals surface area contributed by atoms with Crippen molar-refractivity contribution in [1.82, 2.24) is 0 Å². The van der Waals surface area contributed by atoms with Crippen LogP contribution in [-0.4, -0.2) is 6.04 Å². The van der Waals surface area contributed by atoms with Crippen LogP contribution in [0.15, 0.2) is 18.2 Å². The molecule has 1 fully saturated rings. The maximum Gasteiger partial charge on any atom is 0.0640 e. The normalized spacial score (nSPS) is 17.5. The van der Waals surface area contributed by atoms with Crippen LogP contribution in [0.3, 0.4) is 0 Å². The number of rotatable bonds is 4. The molecule has 0 aliphatic heterocycles. The lowest BCUT2D eigenvalue weighted by Crippen LogP contribution is -2.20. The van der Waals surface area contributed by atoms with Gasteiger partial charge in [0.25, 0.3) is 0 Å². The lowest BCUT2D eigenvalue weighted by molar-refractivity contribution is 0.616. The summed E-state index contributed by atoms with van der Waals surface area (Å²) in [6.45, 7) is 4.30. The molecule has 1 atom stereocenters. The Morgan fingerprint density at radius 1 is 1.47 bits per heavy atom. The molecule has 1 aromatic carbocycles. The van der Waals surface area contributed by atoms with E-state index >= 15 is 0 Å². The molecule has 0 heterocycles. The van der Waals surface area contributed by atoms with E-state index in [4.69, 9.17) is 11.6 Å². The summed E-state index contributed by atoms with van der Waals surface area (Å²) in [6, 6.07) is 6.81. The third kappa shape index (κ3) is 2.66. The molecule has 1 nitrogen and oxygen atoms in total. The van der Waals surface area contributed by atoms with E-state index < -0.39 is 0 Å². The molecule has 0 spiro atoms. The smallest absolute Gasteiger partial charge is 0.0640 e. The van der Waals surface area contributed by atoms with E-state index in [9.17, 15) is 0 Å². The Bertz CT molecular complexity index is 344. The second-order valence-corrected chi connectivity index (χ2v) is 4.89. The van der Waals surface area contributed by atoms with E-state index in [1.54, 1.807) is 0 Å². The maximum absolute atomic E-state index is 6.19. The highest BCUT2D eigenvalue weighted by Gasteiger charge is 2.29. The summed E-state index contributed by atoms with van der Waals surface area (Å²) < 4.78 is 0. The van der Waals surface area contributed by atoms with Crippen molar-refractivity contribution >= 4 is 17.3 Å². The van der Waals surface area contributed by atoms with Crippen LogP contribution in [0.25, 0.3) is 0 Å². The van der Waals surface area contributed by atoms with Crippen LogP contribution in [0.4, 0.5) is 5.69 Å². The molecule has 0 aromatic heterocycles. The third-order valence-electron chi connectivity index (χ3n) is 3.10. The quantitative estimate of drug-likeness (QED) is 0.805. The van der Waals surface area contributed by atoms with Crippen molar-refractivity contribution in [3.63, 3.8) is 0 Å². The Morgan fingerprint density at radius 2 is 2.20 bits per heavy atom. The second-order valence-electron chi connectivity index (χ2n) is 4.48. The van der Waals surface area contributed by atoms with Crippen molar-refractivity contribution in [3.05, 3.63) is 28.8 Å². The van der Waals surface area contributed by atoms with Crippen molar-refractivity contribution in [3.8, 4) is 0 Å². The third-order valence-corrected chi connectivity index (χ3v) is 3.41. The van der Waals surface area contributed by atoms with Gasteiger partial charge in [-0.2, -0.15) is 0 Å². The van der Waals surface area contributed by atoms with Gasteiger partial charge in [-0.1, -0.05) is 24.6 Å². The van der Waals surface area contributed by atoms with E-state index in [2.05, 4.69) is 31.3 Å². The molecule has 0 saturated heterocycles. The SMILES string of the molecule is CCC(Nc1ccc(C)cc1Cl)C1CC1. The first-order chi connectivity index (χ1) is 7.20. The molecule has 0 bridgehead atoms. The first-order valence-corrected chi connectivity index (χ1v) is 6.11. The Hall–Kier alpha value is -0.690. The summed E-state index contributed by atoms with van der Waals surface area (Å²) in [5.41, 5.74) is 2.30. The fourth-order valence-electron chi connectivity index (χ4n) is 1.99. The van der Waals surface area contributed by atoms with Gasteiger partial charge in [0.15, 0.2) is 0 Å². The van der Waals surface area contributed by atoms with E-state index in [-0.39, 0.29) is 0 Å². The number of hydrogen-bond acceptors (Lipinski definition) is 1. The lowest BCUT2D eigenvalue weighted by atomic mass is 10.1. The lowest BCUT2D eigenvalue weighted by Gasteiger charge is -2.18. The molecule has 2 heteroatoms. The molecule has 1 aliphatic carbocycles. The summed E-state index contributed by atoms with van der Waals surface area (Å²) >= 11 is 6.19. The predicted molar refractivity (Wildman–Crippen MR) is 66.6 cm³/mol. The number of aryl methyl sites for hydroxylation is 1. The first-order valence-electron chi connectivity index (χ1n) is 5.73. The van der Waals surface area contributed by atoms with Crippen LogP contribution in [0, 0.1) is 12.8 Å². The van der Waals surface area contributed by atoms with Gasteiger partial charge in [0.2, 0.25) is 0 Å². The number of anilines is 1. The summed E-state index contributed by atoms with van der Waals surface area (Å²) in [7, 11) is 0. The molecule has 0 amide bonds. The predicted octanol–water partition coefficient (Wildman–Crippen LogP) is 4.25. The Labute approximate surface area is 96.8 Å². The molecule has 0 radical (unpaired) electrons. The van der Waals surface area contributed by atoms with Crippen LogP contribution in [0.1, 0.15) is 31.7 Å². The van der Waals surface area contributed by atoms with E-state index in [1.165, 1.54) is 24.8 Å². The molecule has 1 unspecified atom stereocenters. The Balaban J connectivity index is 2.08. The van der Waals surface area contributed by atoms with E-state index in [1.807, 2.05) is 6.07 Å². The minimum Gasteiger partial charge on any atom is -0.381 e. The zero-order valence-electron chi connectivity index (χ0n) is 9.39. The molecular formula is C13H18ClN. The van der Waals surface area contributed by atoms with E-state index in [0.717, 1.165) is 16.6 Å². The van der Waals surface area contributed by atoms with Gasteiger partial charge in [-0.3, -0.25) is 0 Å². The minimum atomic E-state index is 0.602. The van der Waals surface area contributed by atoms with Gasteiger partial charge < -0.3 is 5.32 Å². The van der Waals surface area contributed by atoms with Gasteiger partial charge in [-0.15, -0.1) is 0 Å². The second kappa shape index (κ2) is 4.44. The number of nitrogens with one attached hydrogen (secondary N) is 1. The zero-order chi connectivity index (χ0) is 10.8. The van der Waals surface area contributed by atoms with Gasteiger partial charge in [0, 0.05) is 6.04 Å². The van der Waals surface area contributed by atoms with Gasteiger partial charge in [0.1, 0.15) is 0 Å². The fraction of sp³-hybridized carbons (Fsp3) is 0.538. The topological polar surface area (TPSA) is 12.0 Å². The summed E-state index contributed by atoms with van der Waals surface area (Å²) in [5.74, 6) is 0.868.